The first-order chi connectivity index (χ1) is 5.31. The zero-order valence-corrected chi connectivity index (χ0v) is 5.88. The smallest absolute Gasteiger partial charge is 0.289 e. The van der Waals surface area contributed by atoms with Crippen LogP contribution in [0, 0.1) is 0 Å². The maximum atomic E-state index is 5.79. The van der Waals surface area contributed by atoms with Gasteiger partial charge in [0.1, 0.15) is 0 Å². The quantitative estimate of drug-likeness (QED) is 0.606. The summed E-state index contributed by atoms with van der Waals surface area (Å²) in [6, 6.07) is 3.77. The molecule has 0 aromatic carbocycles. The summed E-state index contributed by atoms with van der Waals surface area (Å²) >= 11 is 0. The van der Waals surface area contributed by atoms with Gasteiger partial charge < -0.3 is 0 Å². The predicted molar refractivity (Wildman–Crippen MR) is 43.6 cm³/mol. The summed E-state index contributed by atoms with van der Waals surface area (Å²) in [6.07, 6.45) is 6.86. The number of rotatable bonds is 1. The van der Waals surface area contributed by atoms with Crippen molar-refractivity contribution in [2.24, 2.45) is 15.7 Å². The molecule has 0 saturated heterocycles. The second-order valence-corrected chi connectivity index (χ2v) is 2.33. The fraction of sp³-hybridized carbons (Fsp3) is 0.143. The SMILES string of the molecule is NC1(n2cccc2)N=CC=N1. The first-order valence-corrected chi connectivity index (χ1v) is 3.33. The highest BCUT2D eigenvalue weighted by Gasteiger charge is 2.24. The molecular weight excluding hydrogens is 140 g/mol. The van der Waals surface area contributed by atoms with Crippen LogP contribution in [0.15, 0.2) is 34.5 Å². The van der Waals surface area contributed by atoms with Gasteiger partial charge in [-0.3, -0.25) is 10.3 Å². The topological polar surface area (TPSA) is 55.7 Å². The predicted octanol–water partition coefficient (Wildman–Crippen LogP) is 0.170. The second-order valence-electron chi connectivity index (χ2n) is 2.33. The molecule has 0 bridgehead atoms. The minimum absolute atomic E-state index is 0.927. The first kappa shape index (κ1) is 6.30. The fourth-order valence-electron chi connectivity index (χ4n) is 1.01. The van der Waals surface area contributed by atoms with E-state index in [1.54, 1.807) is 17.0 Å². The molecule has 0 aliphatic carbocycles. The van der Waals surface area contributed by atoms with E-state index in [2.05, 4.69) is 9.98 Å². The molecule has 4 nitrogen and oxygen atoms in total. The Kier molecular flexibility index (Phi) is 1.16. The molecule has 2 rings (SSSR count). The van der Waals surface area contributed by atoms with E-state index in [1.165, 1.54) is 0 Å². The van der Waals surface area contributed by atoms with Crippen molar-refractivity contribution in [3.63, 3.8) is 0 Å². The van der Waals surface area contributed by atoms with E-state index in [0.29, 0.717) is 0 Å². The largest absolute Gasteiger partial charge is 0.298 e. The highest BCUT2D eigenvalue weighted by molar-refractivity contribution is 6.17. The van der Waals surface area contributed by atoms with Crippen molar-refractivity contribution in [2.75, 3.05) is 0 Å². The van der Waals surface area contributed by atoms with Gasteiger partial charge in [-0.05, 0) is 12.1 Å². The van der Waals surface area contributed by atoms with Crippen molar-refractivity contribution in [3.8, 4) is 0 Å². The molecule has 1 aromatic rings. The summed E-state index contributed by atoms with van der Waals surface area (Å²) in [7, 11) is 0. The molecular formula is C7H8N4. The molecule has 2 heterocycles. The van der Waals surface area contributed by atoms with Crippen LogP contribution in [-0.2, 0) is 5.91 Å². The van der Waals surface area contributed by atoms with Crippen LogP contribution < -0.4 is 5.73 Å². The van der Waals surface area contributed by atoms with Gasteiger partial charge in [0.25, 0.3) is 5.91 Å². The molecule has 4 heteroatoms. The van der Waals surface area contributed by atoms with Crippen molar-refractivity contribution < 1.29 is 0 Å². The fourth-order valence-corrected chi connectivity index (χ4v) is 1.01. The zero-order chi connectivity index (χ0) is 7.73. The average molecular weight is 148 g/mol. The van der Waals surface area contributed by atoms with Gasteiger partial charge >= 0.3 is 0 Å². The maximum Gasteiger partial charge on any atom is 0.289 e. The minimum atomic E-state index is -0.927. The third kappa shape index (κ3) is 0.877. The number of aromatic nitrogens is 1. The summed E-state index contributed by atoms with van der Waals surface area (Å²) in [5, 5.41) is 0. The van der Waals surface area contributed by atoms with Crippen LogP contribution in [-0.4, -0.2) is 17.0 Å². The van der Waals surface area contributed by atoms with Crippen molar-refractivity contribution in [1.82, 2.24) is 4.57 Å². The number of hydrogen-bond acceptors (Lipinski definition) is 3. The van der Waals surface area contributed by atoms with Gasteiger partial charge in [0.15, 0.2) is 0 Å². The lowest BCUT2D eigenvalue weighted by Crippen LogP contribution is -2.36. The molecule has 11 heavy (non-hydrogen) atoms. The Hall–Kier alpha value is -1.42. The van der Waals surface area contributed by atoms with Crippen LogP contribution in [0.1, 0.15) is 0 Å². The van der Waals surface area contributed by atoms with Crippen LogP contribution in [0.4, 0.5) is 0 Å². The molecule has 0 unspecified atom stereocenters. The lowest BCUT2D eigenvalue weighted by Gasteiger charge is -2.18. The Morgan fingerprint density at radius 2 is 1.64 bits per heavy atom. The van der Waals surface area contributed by atoms with Crippen molar-refractivity contribution in [1.29, 1.82) is 0 Å². The van der Waals surface area contributed by atoms with E-state index in [-0.39, 0.29) is 0 Å². The molecule has 0 atom stereocenters. The summed E-state index contributed by atoms with van der Waals surface area (Å²) < 4.78 is 1.74. The Morgan fingerprint density at radius 1 is 1.09 bits per heavy atom. The van der Waals surface area contributed by atoms with Gasteiger partial charge in [-0.1, -0.05) is 0 Å². The normalized spacial score (nSPS) is 19.4. The summed E-state index contributed by atoms with van der Waals surface area (Å²) in [5.41, 5.74) is 5.79. The highest BCUT2D eigenvalue weighted by atomic mass is 15.4. The lowest BCUT2D eigenvalue weighted by atomic mass is 10.6. The number of nitrogens with zero attached hydrogens (tertiary/aromatic N) is 3. The van der Waals surface area contributed by atoms with Crippen LogP contribution >= 0.6 is 0 Å². The van der Waals surface area contributed by atoms with E-state index in [9.17, 15) is 0 Å². The lowest BCUT2D eigenvalue weighted by molar-refractivity contribution is 0.340. The summed E-state index contributed by atoms with van der Waals surface area (Å²) in [4.78, 5) is 8.01. The Morgan fingerprint density at radius 3 is 2.18 bits per heavy atom. The minimum Gasteiger partial charge on any atom is -0.298 e. The summed E-state index contributed by atoms with van der Waals surface area (Å²) in [5.74, 6) is -0.927. The van der Waals surface area contributed by atoms with Crippen molar-refractivity contribution in [3.05, 3.63) is 24.5 Å². The Labute approximate surface area is 64.1 Å². The van der Waals surface area contributed by atoms with Gasteiger partial charge in [0.2, 0.25) is 0 Å². The van der Waals surface area contributed by atoms with Crippen LogP contribution in [0.5, 0.6) is 0 Å². The average Bonchev–Trinajstić information content (AvgIpc) is 2.55. The van der Waals surface area contributed by atoms with E-state index in [4.69, 9.17) is 5.73 Å². The molecule has 56 valence electrons. The summed E-state index contributed by atoms with van der Waals surface area (Å²) in [6.45, 7) is 0. The molecule has 2 N–H and O–H groups in total. The molecule has 0 amide bonds. The van der Waals surface area contributed by atoms with Gasteiger partial charge in [0.05, 0.1) is 0 Å². The van der Waals surface area contributed by atoms with E-state index >= 15 is 0 Å². The Bertz CT molecular complexity index is 284. The standard InChI is InChI=1S/C7H8N4/c8-7(9-3-4-10-7)11-5-1-2-6-11/h1-6H,8H2. The van der Waals surface area contributed by atoms with Crippen molar-refractivity contribution in [2.45, 2.75) is 5.91 Å². The number of aliphatic imine (C=N–C) groups is 2. The Balaban J connectivity index is 2.43. The van der Waals surface area contributed by atoms with Gasteiger partial charge in [-0.2, -0.15) is 0 Å². The van der Waals surface area contributed by atoms with E-state index in [0.717, 1.165) is 0 Å². The molecule has 0 fully saturated rings. The number of nitrogens with two attached hydrogens (primary N) is 1. The molecule has 1 aromatic heterocycles. The van der Waals surface area contributed by atoms with Crippen LogP contribution in [0.2, 0.25) is 0 Å². The van der Waals surface area contributed by atoms with Gasteiger partial charge in [-0.25, -0.2) is 9.98 Å². The van der Waals surface area contributed by atoms with E-state index in [1.807, 2.05) is 24.5 Å². The zero-order valence-electron chi connectivity index (χ0n) is 5.88. The third-order valence-electron chi connectivity index (χ3n) is 1.58. The highest BCUT2D eigenvalue weighted by Crippen LogP contribution is 2.14. The van der Waals surface area contributed by atoms with E-state index < -0.39 is 5.91 Å². The first-order valence-electron chi connectivity index (χ1n) is 3.33. The third-order valence-corrected chi connectivity index (χ3v) is 1.58. The van der Waals surface area contributed by atoms with Crippen LogP contribution in [0.3, 0.4) is 0 Å². The van der Waals surface area contributed by atoms with Crippen molar-refractivity contribution >= 4 is 12.4 Å². The molecule has 0 saturated carbocycles. The van der Waals surface area contributed by atoms with Crippen LogP contribution in [0.25, 0.3) is 0 Å². The number of hydrogen-bond donors (Lipinski definition) is 1. The van der Waals surface area contributed by atoms with Gasteiger partial charge in [-0.15, -0.1) is 0 Å². The monoisotopic (exact) mass is 148 g/mol. The molecule has 1 aliphatic heterocycles. The van der Waals surface area contributed by atoms with Gasteiger partial charge in [0, 0.05) is 24.8 Å². The molecule has 0 radical (unpaired) electrons. The second kappa shape index (κ2) is 2.03. The molecule has 0 spiro atoms. The molecule has 1 aliphatic rings. The maximum absolute atomic E-state index is 5.79.